The van der Waals surface area contributed by atoms with Gasteiger partial charge < -0.3 is 31.3 Å². The van der Waals surface area contributed by atoms with Crippen LogP contribution in [0.4, 0.5) is 5.82 Å². The van der Waals surface area contributed by atoms with Gasteiger partial charge in [-0.1, -0.05) is 42.5 Å². The molecule has 8 heteroatoms. The Labute approximate surface area is 212 Å². The number of nitrogens with zero attached hydrogens (tertiary/aromatic N) is 2. The van der Waals surface area contributed by atoms with Gasteiger partial charge in [0.05, 0.1) is 25.2 Å². The van der Waals surface area contributed by atoms with Crippen molar-refractivity contribution in [2.24, 2.45) is 0 Å². The smallest absolute Gasteiger partial charge is 0.226 e. The number of aliphatic hydroxyl groups excluding tert-OH is 2. The second kappa shape index (κ2) is 12.0. The summed E-state index contributed by atoms with van der Waals surface area (Å²) in [5.41, 5.74) is 8.54. The second-order valence-corrected chi connectivity index (χ2v) is 9.86. The Hall–Kier alpha value is -3.46. The van der Waals surface area contributed by atoms with Crippen molar-refractivity contribution < 1.29 is 20.1 Å². The van der Waals surface area contributed by atoms with Crippen LogP contribution in [-0.2, 0) is 17.6 Å². The lowest BCUT2D eigenvalue weighted by atomic mass is 9.93. The molecule has 0 saturated heterocycles. The summed E-state index contributed by atoms with van der Waals surface area (Å²) >= 11 is 0. The number of pyridine rings is 1. The molecule has 0 saturated carbocycles. The summed E-state index contributed by atoms with van der Waals surface area (Å²) < 4.78 is 0. The summed E-state index contributed by atoms with van der Waals surface area (Å²) in [5, 5.41) is 33.9. The fourth-order valence-corrected chi connectivity index (χ4v) is 4.04. The number of nitrogen functional groups attached to an aromatic ring is 1. The SMILES string of the molecule is CN(CC(O)c1cccc(O)c1)C(=O)Cc1cccc(CC(C)(C)NC[C@@H](O)c2ccc(N)nc2)c1. The normalized spacial score (nSPS) is 13.2. The Bertz CT molecular complexity index is 1150. The average Bonchev–Trinajstić information content (AvgIpc) is 2.83. The second-order valence-electron chi connectivity index (χ2n) is 9.86. The van der Waals surface area contributed by atoms with E-state index in [1.807, 2.05) is 24.3 Å². The number of phenols is 1. The van der Waals surface area contributed by atoms with Crippen LogP contribution in [0.25, 0.3) is 0 Å². The van der Waals surface area contributed by atoms with Crippen molar-refractivity contribution >= 4 is 11.7 Å². The number of carbonyl (C=O) groups excluding carboxylic acids is 1. The first-order valence-corrected chi connectivity index (χ1v) is 12.0. The molecule has 8 nitrogen and oxygen atoms in total. The number of aromatic hydroxyl groups is 1. The van der Waals surface area contributed by atoms with E-state index >= 15 is 0 Å². The first-order chi connectivity index (χ1) is 17.0. The minimum absolute atomic E-state index is 0.0755. The van der Waals surface area contributed by atoms with Crippen LogP contribution in [0, 0.1) is 0 Å². The lowest BCUT2D eigenvalue weighted by Crippen LogP contribution is -2.43. The Morgan fingerprint density at radius 1 is 1.03 bits per heavy atom. The van der Waals surface area contributed by atoms with E-state index in [-0.39, 0.29) is 30.2 Å². The molecule has 0 radical (unpaired) electrons. The van der Waals surface area contributed by atoms with Gasteiger partial charge in [-0.25, -0.2) is 4.98 Å². The van der Waals surface area contributed by atoms with Gasteiger partial charge in [0.2, 0.25) is 5.91 Å². The number of hydrogen-bond acceptors (Lipinski definition) is 7. The molecule has 0 bridgehead atoms. The Morgan fingerprint density at radius 3 is 2.44 bits per heavy atom. The molecule has 3 rings (SSSR count). The van der Waals surface area contributed by atoms with Crippen LogP contribution in [0.15, 0.2) is 66.9 Å². The van der Waals surface area contributed by atoms with Crippen LogP contribution in [0.2, 0.25) is 0 Å². The zero-order chi connectivity index (χ0) is 26.3. The number of aliphatic hydroxyl groups is 2. The van der Waals surface area contributed by atoms with E-state index in [9.17, 15) is 20.1 Å². The van der Waals surface area contributed by atoms with E-state index < -0.39 is 12.2 Å². The summed E-state index contributed by atoms with van der Waals surface area (Å²) in [6, 6.07) is 17.7. The predicted octanol–water partition coefficient (Wildman–Crippen LogP) is 2.75. The van der Waals surface area contributed by atoms with Gasteiger partial charge >= 0.3 is 0 Å². The molecule has 2 atom stereocenters. The Kier molecular flexibility index (Phi) is 9.03. The highest BCUT2D eigenvalue weighted by Gasteiger charge is 2.21. The van der Waals surface area contributed by atoms with Gasteiger partial charge in [0.1, 0.15) is 11.6 Å². The zero-order valence-corrected chi connectivity index (χ0v) is 21.1. The van der Waals surface area contributed by atoms with Crippen LogP contribution in [-0.4, -0.2) is 56.8 Å². The summed E-state index contributed by atoms with van der Waals surface area (Å²) in [6.45, 7) is 4.62. The van der Waals surface area contributed by atoms with Gasteiger partial charge in [-0.05, 0) is 55.2 Å². The molecule has 0 aliphatic rings. The fraction of sp³-hybridized carbons (Fsp3) is 0.357. The minimum atomic E-state index is -0.886. The molecule has 0 spiro atoms. The number of nitrogens with one attached hydrogen (secondary N) is 1. The van der Waals surface area contributed by atoms with Crippen LogP contribution in [0.1, 0.15) is 48.3 Å². The highest BCUT2D eigenvalue weighted by molar-refractivity contribution is 5.78. The number of aromatic nitrogens is 1. The number of anilines is 1. The van der Waals surface area contributed by atoms with Crippen LogP contribution < -0.4 is 11.1 Å². The molecule has 192 valence electrons. The fourth-order valence-electron chi connectivity index (χ4n) is 4.04. The molecule has 36 heavy (non-hydrogen) atoms. The first-order valence-electron chi connectivity index (χ1n) is 12.0. The van der Waals surface area contributed by atoms with Gasteiger partial charge in [0, 0.05) is 30.9 Å². The van der Waals surface area contributed by atoms with E-state index in [1.54, 1.807) is 37.5 Å². The third-order valence-electron chi connectivity index (χ3n) is 6.09. The molecule has 1 unspecified atom stereocenters. The zero-order valence-electron chi connectivity index (χ0n) is 21.1. The Balaban J connectivity index is 1.54. The summed E-state index contributed by atoms with van der Waals surface area (Å²) in [4.78, 5) is 18.3. The molecule has 3 aromatic rings. The molecule has 2 aromatic carbocycles. The van der Waals surface area contributed by atoms with Gasteiger partial charge in [0.25, 0.3) is 0 Å². The largest absolute Gasteiger partial charge is 0.508 e. The summed E-state index contributed by atoms with van der Waals surface area (Å²) in [5.74, 6) is 0.381. The number of phenolic OH excluding ortho intramolecular Hbond substituents is 1. The van der Waals surface area contributed by atoms with E-state index in [1.165, 1.54) is 17.0 Å². The van der Waals surface area contributed by atoms with Crippen molar-refractivity contribution in [3.63, 3.8) is 0 Å². The lowest BCUT2D eigenvalue weighted by Gasteiger charge is -2.28. The van der Waals surface area contributed by atoms with Crippen LogP contribution in [0.3, 0.4) is 0 Å². The van der Waals surface area contributed by atoms with Gasteiger partial charge in [-0.2, -0.15) is 0 Å². The maximum absolute atomic E-state index is 12.8. The molecule has 1 aromatic heterocycles. The summed E-state index contributed by atoms with van der Waals surface area (Å²) in [6.07, 6.45) is 0.909. The highest BCUT2D eigenvalue weighted by Crippen LogP contribution is 2.20. The van der Waals surface area contributed by atoms with Gasteiger partial charge in [0.15, 0.2) is 0 Å². The maximum atomic E-state index is 12.8. The Morgan fingerprint density at radius 2 is 1.75 bits per heavy atom. The predicted molar refractivity (Wildman–Crippen MR) is 140 cm³/mol. The lowest BCUT2D eigenvalue weighted by molar-refractivity contribution is -0.130. The number of rotatable bonds is 11. The molecule has 1 amide bonds. The maximum Gasteiger partial charge on any atom is 0.226 e. The van der Waals surface area contributed by atoms with E-state index in [0.29, 0.717) is 29.9 Å². The van der Waals surface area contributed by atoms with Crippen molar-refractivity contribution in [2.75, 3.05) is 25.9 Å². The van der Waals surface area contributed by atoms with E-state index in [0.717, 1.165) is 11.1 Å². The molecule has 0 fully saturated rings. The number of hydrogen-bond donors (Lipinski definition) is 5. The topological polar surface area (TPSA) is 132 Å². The molecular weight excluding hydrogens is 456 g/mol. The number of benzene rings is 2. The molecule has 6 N–H and O–H groups in total. The third-order valence-corrected chi connectivity index (χ3v) is 6.09. The number of nitrogens with two attached hydrogens (primary N) is 1. The monoisotopic (exact) mass is 492 g/mol. The minimum Gasteiger partial charge on any atom is -0.508 e. The quantitative estimate of drug-likeness (QED) is 0.278. The van der Waals surface area contributed by atoms with E-state index in [4.69, 9.17) is 5.73 Å². The summed E-state index contributed by atoms with van der Waals surface area (Å²) in [7, 11) is 1.66. The molecule has 1 heterocycles. The third kappa shape index (κ3) is 8.05. The van der Waals surface area contributed by atoms with Crippen molar-refractivity contribution in [2.45, 2.75) is 44.4 Å². The number of β-amino-alcohol motifs (C(OH)–C–C–N with tert-alkyl or cyclic N) is 1. The number of amides is 1. The van der Waals surface area contributed by atoms with Gasteiger partial charge in [-0.3, -0.25) is 4.79 Å². The molecule has 0 aliphatic carbocycles. The van der Waals surface area contributed by atoms with Crippen molar-refractivity contribution in [3.8, 4) is 5.75 Å². The first kappa shape index (κ1) is 27.1. The average molecular weight is 493 g/mol. The highest BCUT2D eigenvalue weighted by atomic mass is 16.3. The molecule has 0 aliphatic heterocycles. The number of likely N-dealkylation sites (N-methyl/N-ethyl adjacent to an activating group) is 1. The van der Waals surface area contributed by atoms with Crippen molar-refractivity contribution in [1.29, 1.82) is 0 Å². The standard InChI is InChI=1S/C28H36N4O4/c1-28(2,31-17-24(34)22-10-11-26(29)30-16-22)15-20-7-4-6-19(12-20)13-27(36)32(3)18-25(35)21-8-5-9-23(33)14-21/h4-12,14,16,24-25,31,33-35H,13,15,17-18H2,1-3H3,(H2,29,30)/t24-,25?/m1/s1. The van der Waals surface area contributed by atoms with Crippen LogP contribution >= 0.6 is 0 Å². The number of carbonyl (C=O) groups is 1. The van der Waals surface area contributed by atoms with Crippen molar-refractivity contribution in [1.82, 2.24) is 15.2 Å². The van der Waals surface area contributed by atoms with Crippen LogP contribution in [0.5, 0.6) is 5.75 Å². The van der Waals surface area contributed by atoms with Gasteiger partial charge in [-0.15, -0.1) is 0 Å². The molecular formula is C28H36N4O4. The van der Waals surface area contributed by atoms with E-state index in [2.05, 4.69) is 24.1 Å². The van der Waals surface area contributed by atoms with Crippen molar-refractivity contribution in [3.05, 3.63) is 89.1 Å².